The Kier molecular flexibility index (Phi) is 5.07. The zero-order valence-corrected chi connectivity index (χ0v) is 10.6. The Bertz CT molecular complexity index is 169. The molecule has 1 aliphatic rings. The van der Waals surface area contributed by atoms with Crippen molar-refractivity contribution in [3.05, 3.63) is 0 Å². The summed E-state index contributed by atoms with van der Waals surface area (Å²) < 4.78 is 0. The van der Waals surface area contributed by atoms with Gasteiger partial charge in [-0.1, -0.05) is 13.8 Å². The van der Waals surface area contributed by atoms with Gasteiger partial charge in [-0.25, -0.2) is 0 Å². The van der Waals surface area contributed by atoms with Crippen molar-refractivity contribution < 1.29 is 5.11 Å². The molecule has 0 aliphatic heterocycles. The Morgan fingerprint density at radius 2 is 1.93 bits per heavy atom. The van der Waals surface area contributed by atoms with Gasteiger partial charge in [0, 0.05) is 18.7 Å². The molecule has 0 radical (unpaired) electrons. The van der Waals surface area contributed by atoms with Gasteiger partial charge in [-0.15, -0.1) is 0 Å². The molecule has 1 rings (SSSR count). The molecule has 1 unspecified atom stereocenters. The van der Waals surface area contributed by atoms with Gasteiger partial charge in [-0.2, -0.15) is 0 Å². The zero-order valence-electron chi connectivity index (χ0n) is 10.6. The summed E-state index contributed by atoms with van der Waals surface area (Å²) in [5, 5.41) is 12.4. The van der Waals surface area contributed by atoms with E-state index in [1.165, 1.54) is 25.7 Å². The standard InChI is InChI=1S/C13H27NO/c1-11(5-4-10-15)14-12-6-8-13(2,3)9-7-12/h11-12,14-15H,4-10H2,1-3H3. The quantitative estimate of drug-likeness (QED) is 0.736. The largest absolute Gasteiger partial charge is 0.396 e. The minimum atomic E-state index is 0.323. The molecule has 90 valence electrons. The minimum absolute atomic E-state index is 0.323. The highest BCUT2D eigenvalue weighted by molar-refractivity contribution is 4.83. The van der Waals surface area contributed by atoms with Crippen molar-refractivity contribution in [2.24, 2.45) is 5.41 Å². The summed E-state index contributed by atoms with van der Waals surface area (Å²) in [6.45, 7) is 7.30. The molecule has 0 heterocycles. The molecule has 2 N–H and O–H groups in total. The maximum atomic E-state index is 8.76. The Balaban J connectivity index is 2.17. The number of rotatable bonds is 5. The molecule has 1 fully saturated rings. The molecule has 0 amide bonds. The van der Waals surface area contributed by atoms with Crippen LogP contribution in [0.1, 0.15) is 59.3 Å². The van der Waals surface area contributed by atoms with Crippen molar-refractivity contribution in [1.82, 2.24) is 5.32 Å². The number of aliphatic hydroxyl groups excluding tert-OH is 1. The third-order valence-electron chi connectivity index (χ3n) is 3.65. The second-order valence-corrected chi connectivity index (χ2v) is 5.87. The van der Waals surface area contributed by atoms with Gasteiger partial charge in [0.25, 0.3) is 0 Å². The Hall–Kier alpha value is -0.0800. The van der Waals surface area contributed by atoms with Gasteiger partial charge in [0.2, 0.25) is 0 Å². The fraction of sp³-hybridized carbons (Fsp3) is 1.00. The van der Waals surface area contributed by atoms with Gasteiger partial charge in [0.15, 0.2) is 0 Å². The summed E-state index contributed by atoms with van der Waals surface area (Å²) in [4.78, 5) is 0. The van der Waals surface area contributed by atoms with Crippen LogP contribution in [0.2, 0.25) is 0 Å². The summed E-state index contributed by atoms with van der Waals surface area (Å²) in [5.74, 6) is 0. The average molecular weight is 213 g/mol. The lowest BCUT2D eigenvalue weighted by Crippen LogP contribution is -2.40. The third-order valence-corrected chi connectivity index (χ3v) is 3.65. The monoisotopic (exact) mass is 213 g/mol. The fourth-order valence-electron chi connectivity index (χ4n) is 2.45. The van der Waals surface area contributed by atoms with Gasteiger partial charge < -0.3 is 10.4 Å². The molecular weight excluding hydrogens is 186 g/mol. The molecule has 1 aliphatic carbocycles. The van der Waals surface area contributed by atoms with Crippen LogP contribution in [-0.4, -0.2) is 23.8 Å². The Morgan fingerprint density at radius 1 is 1.33 bits per heavy atom. The lowest BCUT2D eigenvalue weighted by molar-refractivity contribution is 0.195. The minimum Gasteiger partial charge on any atom is -0.396 e. The molecule has 1 atom stereocenters. The molecule has 1 saturated carbocycles. The van der Waals surface area contributed by atoms with E-state index in [-0.39, 0.29) is 0 Å². The molecule has 0 aromatic carbocycles. The van der Waals surface area contributed by atoms with Crippen molar-refractivity contribution >= 4 is 0 Å². The van der Waals surface area contributed by atoms with Crippen LogP contribution in [0.5, 0.6) is 0 Å². The lowest BCUT2D eigenvalue weighted by Gasteiger charge is -2.36. The van der Waals surface area contributed by atoms with Crippen LogP contribution in [0.15, 0.2) is 0 Å². The smallest absolute Gasteiger partial charge is 0.0431 e. The average Bonchev–Trinajstić information content (AvgIpc) is 2.18. The van der Waals surface area contributed by atoms with E-state index < -0.39 is 0 Å². The first-order chi connectivity index (χ1) is 7.03. The van der Waals surface area contributed by atoms with E-state index in [2.05, 4.69) is 26.1 Å². The molecule has 15 heavy (non-hydrogen) atoms. The van der Waals surface area contributed by atoms with Gasteiger partial charge in [-0.05, 0) is 50.9 Å². The van der Waals surface area contributed by atoms with Crippen molar-refractivity contribution in [2.75, 3.05) is 6.61 Å². The summed E-state index contributed by atoms with van der Waals surface area (Å²) in [6.07, 6.45) is 7.34. The maximum Gasteiger partial charge on any atom is 0.0431 e. The van der Waals surface area contributed by atoms with Crippen LogP contribution in [0.4, 0.5) is 0 Å². The third kappa shape index (κ3) is 4.98. The van der Waals surface area contributed by atoms with E-state index in [0.29, 0.717) is 24.1 Å². The van der Waals surface area contributed by atoms with E-state index in [1.54, 1.807) is 0 Å². The first-order valence-corrected chi connectivity index (χ1v) is 6.40. The second-order valence-electron chi connectivity index (χ2n) is 5.87. The first kappa shape index (κ1) is 13.0. The molecule has 2 heteroatoms. The number of aliphatic hydroxyl groups is 1. The number of hydrogen-bond acceptors (Lipinski definition) is 2. The molecule has 0 aromatic heterocycles. The zero-order chi connectivity index (χ0) is 11.3. The van der Waals surface area contributed by atoms with E-state index in [9.17, 15) is 0 Å². The summed E-state index contributed by atoms with van der Waals surface area (Å²) in [7, 11) is 0. The maximum absolute atomic E-state index is 8.76. The highest BCUT2D eigenvalue weighted by atomic mass is 16.2. The van der Waals surface area contributed by atoms with Gasteiger partial charge in [0.1, 0.15) is 0 Å². The normalized spacial score (nSPS) is 24.0. The van der Waals surface area contributed by atoms with E-state index in [0.717, 1.165) is 12.8 Å². The molecule has 0 bridgehead atoms. The SMILES string of the molecule is CC(CCCO)NC1CCC(C)(C)CC1. The summed E-state index contributed by atoms with van der Waals surface area (Å²) >= 11 is 0. The predicted octanol–water partition coefficient (Wildman–Crippen LogP) is 2.71. The number of hydrogen-bond donors (Lipinski definition) is 2. The van der Waals surface area contributed by atoms with Crippen molar-refractivity contribution in [1.29, 1.82) is 0 Å². The van der Waals surface area contributed by atoms with Crippen LogP contribution in [-0.2, 0) is 0 Å². The molecule has 0 aromatic rings. The molecular formula is C13H27NO. The van der Waals surface area contributed by atoms with Gasteiger partial charge in [-0.3, -0.25) is 0 Å². The lowest BCUT2D eigenvalue weighted by atomic mass is 9.75. The summed E-state index contributed by atoms with van der Waals surface area (Å²) in [6, 6.07) is 1.27. The van der Waals surface area contributed by atoms with Crippen LogP contribution < -0.4 is 5.32 Å². The topological polar surface area (TPSA) is 32.3 Å². The summed E-state index contributed by atoms with van der Waals surface area (Å²) in [5.41, 5.74) is 0.562. The number of nitrogens with one attached hydrogen (secondary N) is 1. The highest BCUT2D eigenvalue weighted by Gasteiger charge is 2.26. The van der Waals surface area contributed by atoms with Crippen molar-refractivity contribution in [2.45, 2.75) is 71.4 Å². The molecule has 2 nitrogen and oxygen atoms in total. The van der Waals surface area contributed by atoms with E-state index >= 15 is 0 Å². The van der Waals surface area contributed by atoms with E-state index in [1.807, 2.05) is 0 Å². The van der Waals surface area contributed by atoms with Gasteiger partial charge >= 0.3 is 0 Å². The predicted molar refractivity (Wildman–Crippen MR) is 65.0 cm³/mol. The highest BCUT2D eigenvalue weighted by Crippen LogP contribution is 2.35. The molecule has 0 spiro atoms. The van der Waals surface area contributed by atoms with Crippen LogP contribution in [0.3, 0.4) is 0 Å². The fourth-order valence-corrected chi connectivity index (χ4v) is 2.45. The first-order valence-electron chi connectivity index (χ1n) is 6.40. The van der Waals surface area contributed by atoms with E-state index in [4.69, 9.17) is 5.11 Å². The van der Waals surface area contributed by atoms with Crippen LogP contribution >= 0.6 is 0 Å². The van der Waals surface area contributed by atoms with Crippen molar-refractivity contribution in [3.8, 4) is 0 Å². The van der Waals surface area contributed by atoms with Crippen LogP contribution in [0, 0.1) is 5.41 Å². The van der Waals surface area contributed by atoms with Crippen molar-refractivity contribution in [3.63, 3.8) is 0 Å². The second kappa shape index (κ2) is 5.86. The van der Waals surface area contributed by atoms with Crippen LogP contribution in [0.25, 0.3) is 0 Å². The Labute approximate surface area is 94.5 Å². The van der Waals surface area contributed by atoms with Gasteiger partial charge in [0.05, 0.1) is 0 Å². The Morgan fingerprint density at radius 3 is 2.47 bits per heavy atom. The molecule has 0 saturated heterocycles.